The predicted molar refractivity (Wildman–Crippen MR) is 46.5 cm³/mol. The van der Waals surface area contributed by atoms with Crippen LogP contribution in [0.15, 0.2) is 0 Å². The van der Waals surface area contributed by atoms with E-state index in [1.54, 1.807) is 6.92 Å². The first-order valence-corrected chi connectivity index (χ1v) is 3.82. The Morgan fingerprint density at radius 1 is 1.09 bits per heavy atom. The summed E-state index contributed by atoms with van der Waals surface area (Å²) in [5.74, 6) is 0.979. The molecule has 0 rings (SSSR count). The number of carbonyl (C=O) groups is 2. The Morgan fingerprint density at radius 2 is 1.36 bits per heavy atom. The first-order chi connectivity index (χ1) is 4.86. The zero-order valence-electron chi connectivity index (χ0n) is 8.10. The van der Waals surface area contributed by atoms with Gasteiger partial charge < -0.3 is 9.59 Å². The molecule has 0 atom stereocenters. The molecule has 0 heterocycles. The van der Waals surface area contributed by atoms with Crippen molar-refractivity contribution < 1.29 is 9.59 Å². The lowest BCUT2D eigenvalue weighted by Gasteiger charge is -1.95. The number of ketones is 2. The van der Waals surface area contributed by atoms with Crippen LogP contribution in [-0.2, 0) is 9.59 Å². The quantitative estimate of drug-likeness (QED) is 0.617. The molecule has 0 aromatic rings. The highest BCUT2D eigenvalue weighted by Gasteiger charge is 1.95. The van der Waals surface area contributed by atoms with Gasteiger partial charge in [0.15, 0.2) is 0 Å². The average Bonchev–Trinajstić information content (AvgIpc) is 1.56. The molecule has 0 spiro atoms. The van der Waals surface area contributed by atoms with E-state index in [4.69, 9.17) is 0 Å². The molecule has 0 fully saturated rings. The lowest BCUT2D eigenvalue weighted by Crippen LogP contribution is -1.95. The molecule has 0 saturated heterocycles. The van der Waals surface area contributed by atoms with Gasteiger partial charge in [0.05, 0.1) is 0 Å². The highest BCUT2D eigenvalue weighted by atomic mass is 16.1. The second-order valence-corrected chi connectivity index (χ2v) is 3.21. The Balaban J connectivity index is 0. The van der Waals surface area contributed by atoms with Crippen LogP contribution in [-0.4, -0.2) is 11.6 Å². The molecule has 11 heavy (non-hydrogen) atoms. The van der Waals surface area contributed by atoms with E-state index >= 15 is 0 Å². The number of hydrogen-bond donors (Lipinski definition) is 0. The van der Waals surface area contributed by atoms with Gasteiger partial charge in [-0.2, -0.15) is 0 Å². The maximum Gasteiger partial charge on any atom is 0.130 e. The summed E-state index contributed by atoms with van der Waals surface area (Å²) in [6, 6.07) is 0. The summed E-state index contributed by atoms with van der Waals surface area (Å²) in [5, 5.41) is 0. The number of carbonyl (C=O) groups excluding carboxylic acids is 2. The van der Waals surface area contributed by atoms with Crippen molar-refractivity contribution in [1.29, 1.82) is 0 Å². The minimum absolute atomic E-state index is 0.167. The SMILES string of the molecule is CC(=O)CC(C)C.CC(C)=O. The summed E-state index contributed by atoms with van der Waals surface area (Å²) in [6.45, 7) is 8.77. The van der Waals surface area contributed by atoms with E-state index in [2.05, 4.69) is 0 Å². The Morgan fingerprint density at radius 3 is 1.36 bits per heavy atom. The van der Waals surface area contributed by atoms with Gasteiger partial charge in [0.1, 0.15) is 11.6 Å². The first kappa shape index (κ1) is 13.0. The van der Waals surface area contributed by atoms with Gasteiger partial charge in [-0.1, -0.05) is 13.8 Å². The normalized spacial score (nSPS) is 8.55. The number of Topliss-reactive ketones (excluding diaryl/α,β-unsaturated/α-hetero) is 2. The summed E-state index contributed by atoms with van der Waals surface area (Å²) >= 11 is 0. The van der Waals surface area contributed by atoms with Crippen LogP contribution in [0, 0.1) is 5.92 Å². The summed E-state index contributed by atoms with van der Waals surface area (Å²) < 4.78 is 0. The van der Waals surface area contributed by atoms with E-state index in [1.807, 2.05) is 13.8 Å². The van der Waals surface area contributed by atoms with Crippen molar-refractivity contribution in [2.24, 2.45) is 5.92 Å². The molecule has 0 aliphatic carbocycles. The summed E-state index contributed by atoms with van der Waals surface area (Å²) in [4.78, 5) is 19.7. The van der Waals surface area contributed by atoms with Gasteiger partial charge in [0.2, 0.25) is 0 Å². The Labute approximate surface area is 69.0 Å². The lowest BCUT2D eigenvalue weighted by molar-refractivity contribution is -0.117. The van der Waals surface area contributed by atoms with Crippen LogP contribution >= 0.6 is 0 Å². The molecule has 66 valence electrons. The molecule has 0 saturated carbocycles. The van der Waals surface area contributed by atoms with E-state index in [0.29, 0.717) is 5.92 Å². The van der Waals surface area contributed by atoms with Gasteiger partial charge >= 0.3 is 0 Å². The Hall–Kier alpha value is -0.660. The molecule has 0 radical (unpaired) electrons. The topological polar surface area (TPSA) is 34.1 Å². The van der Waals surface area contributed by atoms with E-state index in [-0.39, 0.29) is 11.6 Å². The van der Waals surface area contributed by atoms with Gasteiger partial charge in [0, 0.05) is 6.42 Å². The minimum Gasteiger partial charge on any atom is -0.300 e. The average molecular weight is 158 g/mol. The van der Waals surface area contributed by atoms with E-state index in [0.717, 1.165) is 6.42 Å². The molecular formula is C9H18O2. The highest BCUT2D eigenvalue weighted by Crippen LogP contribution is 1.97. The first-order valence-electron chi connectivity index (χ1n) is 3.82. The number of hydrogen-bond acceptors (Lipinski definition) is 2. The second kappa shape index (κ2) is 7.45. The molecule has 0 aliphatic heterocycles. The van der Waals surface area contributed by atoms with Crippen LogP contribution in [0.2, 0.25) is 0 Å². The maximum absolute atomic E-state index is 10.3. The van der Waals surface area contributed by atoms with Crippen molar-refractivity contribution >= 4 is 11.6 Å². The van der Waals surface area contributed by atoms with Gasteiger partial charge in [-0.15, -0.1) is 0 Å². The third-order valence-corrected chi connectivity index (χ3v) is 0.696. The highest BCUT2D eigenvalue weighted by molar-refractivity contribution is 5.75. The van der Waals surface area contributed by atoms with Crippen LogP contribution in [0.4, 0.5) is 0 Å². The Bertz CT molecular complexity index is 122. The molecule has 0 aromatic carbocycles. The Kier molecular flexibility index (Phi) is 8.78. The zero-order chi connectivity index (χ0) is 9.44. The molecule has 0 aliphatic rings. The molecule has 0 N–H and O–H groups in total. The molecule has 2 nitrogen and oxygen atoms in total. The molecule has 0 aromatic heterocycles. The van der Waals surface area contributed by atoms with Crippen LogP contribution in [0.1, 0.15) is 41.0 Å². The van der Waals surface area contributed by atoms with Crippen molar-refractivity contribution in [3.05, 3.63) is 0 Å². The van der Waals surface area contributed by atoms with Crippen molar-refractivity contribution in [1.82, 2.24) is 0 Å². The molecule has 0 unspecified atom stereocenters. The molecule has 0 amide bonds. The summed E-state index contributed by atoms with van der Waals surface area (Å²) in [7, 11) is 0. The fraction of sp³-hybridized carbons (Fsp3) is 0.778. The molecule has 0 bridgehead atoms. The maximum atomic E-state index is 10.3. The van der Waals surface area contributed by atoms with E-state index in [1.165, 1.54) is 13.8 Å². The third kappa shape index (κ3) is 45.1. The molecular weight excluding hydrogens is 140 g/mol. The van der Waals surface area contributed by atoms with Gasteiger partial charge in [-0.05, 0) is 26.7 Å². The smallest absolute Gasteiger partial charge is 0.130 e. The summed E-state index contributed by atoms with van der Waals surface area (Å²) in [5.41, 5.74) is 0. The fourth-order valence-electron chi connectivity index (χ4n) is 0.575. The van der Waals surface area contributed by atoms with Crippen LogP contribution in [0.25, 0.3) is 0 Å². The zero-order valence-corrected chi connectivity index (χ0v) is 8.10. The fourth-order valence-corrected chi connectivity index (χ4v) is 0.575. The monoisotopic (exact) mass is 158 g/mol. The number of rotatable bonds is 2. The summed E-state index contributed by atoms with van der Waals surface area (Å²) in [6.07, 6.45) is 0.722. The van der Waals surface area contributed by atoms with Crippen LogP contribution in [0.5, 0.6) is 0 Å². The van der Waals surface area contributed by atoms with Crippen molar-refractivity contribution in [3.8, 4) is 0 Å². The van der Waals surface area contributed by atoms with Crippen molar-refractivity contribution in [2.45, 2.75) is 41.0 Å². The van der Waals surface area contributed by atoms with Crippen molar-refractivity contribution in [3.63, 3.8) is 0 Å². The predicted octanol–water partition coefficient (Wildman–Crippen LogP) is 2.22. The standard InChI is InChI=1S/C6H12O.C3H6O/c1-5(2)4-6(3)7;1-3(2)4/h5H,4H2,1-3H3;1-2H3. The van der Waals surface area contributed by atoms with E-state index < -0.39 is 0 Å². The van der Waals surface area contributed by atoms with Crippen molar-refractivity contribution in [2.75, 3.05) is 0 Å². The second-order valence-electron chi connectivity index (χ2n) is 3.21. The van der Waals surface area contributed by atoms with Gasteiger partial charge in [-0.3, -0.25) is 0 Å². The molecule has 2 heteroatoms. The van der Waals surface area contributed by atoms with Gasteiger partial charge in [0.25, 0.3) is 0 Å². The van der Waals surface area contributed by atoms with E-state index in [9.17, 15) is 9.59 Å². The van der Waals surface area contributed by atoms with Gasteiger partial charge in [-0.25, -0.2) is 0 Å². The largest absolute Gasteiger partial charge is 0.300 e. The third-order valence-electron chi connectivity index (χ3n) is 0.696. The van der Waals surface area contributed by atoms with Crippen LogP contribution in [0.3, 0.4) is 0 Å². The van der Waals surface area contributed by atoms with Crippen LogP contribution < -0.4 is 0 Å². The lowest BCUT2D eigenvalue weighted by atomic mass is 10.1. The minimum atomic E-state index is 0.167.